The number of benzene rings is 2. The molecule has 0 saturated heterocycles. The standard InChI is InChI=1S/C20H19N3O4/c1-4-17(24)21-13-7-5-11(2)16(10-13)22-18(25)12-6-8-14-15(9-12)20(27)23(3)19(14)26/h5-10H,4H2,1-3H3,(H,21,24)(H,22,25). The molecule has 27 heavy (non-hydrogen) atoms. The molecule has 0 unspecified atom stereocenters. The third-order valence-corrected chi connectivity index (χ3v) is 4.44. The molecule has 0 aliphatic carbocycles. The number of hydrogen-bond acceptors (Lipinski definition) is 4. The topological polar surface area (TPSA) is 95.6 Å². The zero-order valence-corrected chi connectivity index (χ0v) is 15.3. The maximum atomic E-state index is 12.6. The van der Waals surface area contributed by atoms with Crippen molar-refractivity contribution >= 4 is 35.0 Å². The van der Waals surface area contributed by atoms with E-state index in [2.05, 4.69) is 10.6 Å². The zero-order chi connectivity index (χ0) is 19.7. The van der Waals surface area contributed by atoms with Crippen LogP contribution in [0.4, 0.5) is 11.4 Å². The van der Waals surface area contributed by atoms with Crippen molar-refractivity contribution in [3.63, 3.8) is 0 Å². The Kier molecular flexibility index (Phi) is 4.77. The molecule has 0 atom stereocenters. The minimum Gasteiger partial charge on any atom is -0.326 e. The van der Waals surface area contributed by atoms with Crippen LogP contribution in [0.15, 0.2) is 36.4 Å². The molecule has 1 aliphatic rings. The molecule has 1 heterocycles. The summed E-state index contributed by atoms with van der Waals surface area (Å²) >= 11 is 0. The smallest absolute Gasteiger partial charge is 0.261 e. The summed E-state index contributed by atoms with van der Waals surface area (Å²) in [6.45, 7) is 3.59. The molecule has 7 nitrogen and oxygen atoms in total. The van der Waals surface area contributed by atoms with Crippen LogP contribution in [0.25, 0.3) is 0 Å². The van der Waals surface area contributed by atoms with Crippen molar-refractivity contribution in [3.8, 4) is 0 Å². The second kappa shape index (κ2) is 7.03. The summed E-state index contributed by atoms with van der Waals surface area (Å²) in [5.74, 6) is -1.33. The van der Waals surface area contributed by atoms with E-state index in [0.717, 1.165) is 10.5 Å². The van der Waals surface area contributed by atoms with Gasteiger partial charge < -0.3 is 10.6 Å². The number of nitrogens with zero attached hydrogens (tertiary/aromatic N) is 1. The second-order valence-electron chi connectivity index (χ2n) is 6.32. The Morgan fingerprint density at radius 3 is 2.37 bits per heavy atom. The Morgan fingerprint density at radius 1 is 0.963 bits per heavy atom. The SMILES string of the molecule is CCC(=O)Nc1ccc(C)c(NC(=O)c2ccc3c(c2)C(=O)N(C)C3=O)c1. The van der Waals surface area contributed by atoms with Gasteiger partial charge in [-0.15, -0.1) is 0 Å². The highest BCUT2D eigenvalue weighted by molar-refractivity contribution is 6.22. The maximum absolute atomic E-state index is 12.6. The van der Waals surface area contributed by atoms with E-state index in [-0.39, 0.29) is 22.9 Å². The zero-order valence-electron chi connectivity index (χ0n) is 15.3. The lowest BCUT2D eigenvalue weighted by Gasteiger charge is -2.12. The lowest BCUT2D eigenvalue weighted by molar-refractivity contribution is -0.115. The summed E-state index contributed by atoms with van der Waals surface area (Å²) < 4.78 is 0. The number of carbonyl (C=O) groups is 4. The predicted molar refractivity (Wildman–Crippen MR) is 101 cm³/mol. The third kappa shape index (κ3) is 3.44. The highest BCUT2D eigenvalue weighted by Gasteiger charge is 2.33. The normalized spacial score (nSPS) is 12.8. The van der Waals surface area contributed by atoms with E-state index in [1.54, 1.807) is 25.1 Å². The molecule has 138 valence electrons. The number of nitrogens with one attached hydrogen (secondary N) is 2. The minimum atomic E-state index is -0.426. The molecule has 0 aromatic heterocycles. The van der Waals surface area contributed by atoms with Crippen molar-refractivity contribution in [1.29, 1.82) is 0 Å². The first kappa shape index (κ1) is 18.3. The lowest BCUT2D eigenvalue weighted by atomic mass is 10.0. The molecule has 2 N–H and O–H groups in total. The Bertz CT molecular complexity index is 981. The number of fused-ring (bicyclic) bond motifs is 1. The molecule has 0 bridgehead atoms. The van der Waals surface area contributed by atoms with Gasteiger partial charge in [-0.2, -0.15) is 0 Å². The fraction of sp³-hybridized carbons (Fsp3) is 0.200. The Balaban J connectivity index is 1.84. The average Bonchev–Trinajstić information content (AvgIpc) is 2.88. The summed E-state index contributed by atoms with van der Waals surface area (Å²) in [7, 11) is 1.41. The van der Waals surface area contributed by atoms with Crippen LogP contribution in [0.3, 0.4) is 0 Å². The van der Waals surface area contributed by atoms with Gasteiger partial charge in [-0.05, 0) is 42.8 Å². The van der Waals surface area contributed by atoms with Gasteiger partial charge in [0.05, 0.1) is 11.1 Å². The van der Waals surface area contributed by atoms with Gasteiger partial charge in [0.25, 0.3) is 17.7 Å². The van der Waals surface area contributed by atoms with E-state index in [4.69, 9.17) is 0 Å². The molecule has 0 radical (unpaired) electrons. The van der Waals surface area contributed by atoms with Gasteiger partial charge in [0, 0.05) is 30.4 Å². The van der Waals surface area contributed by atoms with Crippen LogP contribution in [0.1, 0.15) is 50.0 Å². The number of anilines is 2. The van der Waals surface area contributed by atoms with Gasteiger partial charge in [-0.25, -0.2) is 0 Å². The quantitative estimate of drug-likeness (QED) is 0.815. The fourth-order valence-electron chi connectivity index (χ4n) is 2.78. The second-order valence-corrected chi connectivity index (χ2v) is 6.32. The van der Waals surface area contributed by atoms with Crippen molar-refractivity contribution in [2.45, 2.75) is 20.3 Å². The molecule has 0 spiro atoms. The Morgan fingerprint density at radius 2 is 1.67 bits per heavy atom. The van der Waals surface area contributed by atoms with E-state index in [1.807, 2.05) is 6.92 Å². The molecular weight excluding hydrogens is 346 g/mol. The van der Waals surface area contributed by atoms with Gasteiger partial charge in [0.15, 0.2) is 0 Å². The van der Waals surface area contributed by atoms with Crippen molar-refractivity contribution < 1.29 is 19.2 Å². The number of rotatable bonds is 4. The molecule has 2 aromatic carbocycles. The number of hydrogen-bond donors (Lipinski definition) is 2. The van der Waals surface area contributed by atoms with Gasteiger partial charge in [0.1, 0.15) is 0 Å². The van der Waals surface area contributed by atoms with Crippen LogP contribution in [0.2, 0.25) is 0 Å². The molecular formula is C20H19N3O4. The fourth-order valence-corrected chi connectivity index (χ4v) is 2.78. The first-order valence-electron chi connectivity index (χ1n) is 8.50. The maximum Gasteiger partial charge on any atom is 0.261 e. The molecule has 4 amide bonds. The van der Waals surface area contributed by atoms with Gasteiger partial charge in [-0.1, -0.05) is 13.0 Å². The van der Waals surface area contributed by atoms with Crippen molar-refractivity contribution in [3.05, 3.63) is 58.7 Å². The summed E-state index contributed by atoms with van der Waals surface area (Å²) in [6.07, 6.45) is 0.353. The van der Waals surface area contributed by atoms with Gasteiger partial charge in [-0.3, -0.25) is 24.1 Å². The van der Waals surface area contributed by atoms with Gasteiger partial charge >= 0.3 is 0 Å². The predicted octanol–water partition coefficient (Wildman–Crippen LogP) is 2.82. The molecule has 1 aliphatic heterocycles. The van der Waals surface area contributed by atoms with E-state index < -0.39 is 11.8 Å². The highest BCUT2D eigenvalue weighted by Crippen LogP contribution is 2.25. The third-order valence-electron chi connectivity index (χ3n) is 4.44. The van der Waals surface area contributed by atoms with Crippen molar-refractivity contribution in [2.75, 3.05) is 17.7 Å². The summed E-state index contributed by atoms with van der Waals surface area (Å²) in [6, 6.07) is 9.65. The highest BCUT2D eigenvalue weighted by atomic mass is 16.2. The summed E-state index contributed by atoms with van der Waals surface area (Å²) in [4.78, 5) is 49.2. The van der Waals surface area contributed by atoms with E-state index in [9.17, 15) is 19.2 Å². The summed E-state index contributed by atoms with van der Waals surface area (Å²) in [5, 5.41) is 5.53. The van der Waals surface area contributed by atoms with Crippen LogP contribution in [0, 0.1) is 6.92 Å². The van der Waals surface area contributed by atoms with Crippen LogP contribution in [-0.4, -0.2) is 35.6 Å². The molecule has 3 rings (SSSR count). The molecule has 2 aromatic rings. The minimum absolute atomic E-state index is 0.123. The lowest BCUT2D eigenvalue weighted by Crippen LogP contribution is -2.24. The monoisotopic (exact) mass is 365 g/mol. The average molecular weight is 365 g/mol. The largest absolute Gasteiger partial charge is 0.326 e. The number of aryl methyl sites for hydroxylation is 1. The first-order valence-corrected chi connectivity index (χ1v) is 8.50. The van der Waals surface area contributed by atoms with Crippen LogP contribution in [0.5, 0.6) is 0 Å². The number of amides is 4. The van der Waals surface area contributed by atoms with Crippen LogP contribution >= 0.6 is 0 Å². The summed E-state index contributed by atoms with van der Waals surface area (Å²) in [5.41, 5.74) is 2.74. The van der Waals surface area contributed by atoms with E-state index in [1.165, 1.54) is 25.2 Å². The van der Waals surface area contributed by atoms with Crippen molar-refractivity contribution in [1.82, 2.24) is 4.90 Å². The molecule has 0 fully saturated rings. The van der Waals surface area contributed by atoms with Crippen molar-refractivity contribution in [2.24, 2.45) is 0 Å². The molecule has 0 saturated carbocycles. The van der Waals surface area contributed by atoms with Crippen LogP contribution in [-0.2, 0) is 4.79 Å². The van der Waals surface area contributed by atoms with E-state index in [0.29, 0.717) is 23.4 Å². The Hall–Kier alpha value is -3.48. The van der Waals surface area contributed by atoms with E-state index >= 15 is 0 Å². The Labute approximate surface area is 156 Å². The van der Waals surface area contributed by atoms with Crippen LogP contribution < -0.4 is 10.6 Å². The first-order chi connectivity index (χ1) is 12.8. The van der Waals surface area contributed by atoms with Gasteiger partial charge in [0.2, 0.25) is 5.91 Å². The number of imide groups is 1. The molecule has 7 heteroatoms. The number of carbonyl (C=O) groups excluding carboxylic acids is 4.